The number of benzene rings is 1. The number of rotatable bonds is 4. The first-order valence-electron chi connectivity index (χ1n) is 4.67. The molecule has 0 aliphatic heterocycles. The normalized spacial score (nSPS) is 15.8. The highest BCUT2D eigenvalue weighted by molar-refractivity contribution is 9.10. The highest BCUT2D eigenvalue weighted by atomic mass is 79.9. The van der Waals surface area contributed by atoms with Gasteiger partial charge in [0.05, 0.1) is 0 Å². The van der Waals surface area contributed by atoms with Crippen molar-refractivity contribution in [3.63, 3.8) is 0 Å². The van der Waals surface area contributed by atoms with E-state index in [1.165, 1.54) is 6.92 Å². The van der Waals surface area contributed by atoms with Crippen molar-refractivity contribution in [2.24, 2.45) is 0 Å². The summed E-state index contributed by atoms with van der Waals surface area (Å²) in [5, 5.41) is 9.82. The Morgan fingerprint density at radius 3 is 2.31 bits per heavy atom. The molecule has 1 rings (SSSR count). The average Bonchev–Trinajstić information content (AvgIpc) is 2.28. The topological polar surface area (TPSA) is 54.4 Å². The Bertz CT molecular complexity index is 444. The summed E-state index contributed by atoms with van der Waals surface area (Å²) >= 11 is 9.00. The Morgan fingerprint density at radius 1 is 1.38 bits per heavy atom. The standard InChI is InChI=1S/C10H12BrClO3S/c1-2-16(14,15)10(12)9(13)7-3-5-8(11)6-4-7/h3-6,9-10,13H,2H2,1H3/t9-,10+/m0/s1. The molecule has 0 spiro atoms. The Labute approximate surface area is 108 Å². The number of aliphatic hydroxyl groups is 1. The molecule has 2 atom stereocenters. The number of sulfone groups is 1. The Kier molecular flexibility index (Phi) is 4.79. The molecule has 0 amide bonds. The number of aliphatic hydroxyl groups excluding tert-OH is 1. The zero-order valence-corrected chi connectivity index (χ0v) is 11.8. The van der Waals surface area contributed by atoms with Gasteiger partial charge >= 0.3 is 0 Å². The van der Waals surface area contributed by atoms with Crippen LogP contribution in [0.1, 0.15) is 18.6 Å². The molecule has 1 N–H and O–H groups in total. The summed E-state index contributed by atoms with van der Waals surface area (Å²) in [5.41, 5.74) is 0.486. The van der Waals surface area contributed by atoms with Gasteiger partial charge in [0, 0.05) is 10.2 Å². The first kappa shape index (κ1) is 14.0. The summed E-state index contributed by atoms with van der Waals surface area (Å²) in [6.45, 7) is 1.50. The summed E-state index contributed by atoms with van der Waals surface area (Å²) in [4.78, 5) is 0. The van der Waals surface area contributed by atoms with Gasteiger partial charge in [-0.3, -0.25) is 0 Å². The predicted octanol–water partition coefficient (Wildman–Crippen LogP) is 2.48. The van der Waals surface area contributed by atoms with Gasteiger partial charge in [-0.25, -0.2) is 8.42 Å². The first-order chi connectivity index (χ1) is 7.38. The molecule has 0 fully saturated rings. The zero-order chi connectivity index (χ0) is 12.3. The second kappa shape index (κ2) is 5.49. The monoisotopic (exact) mass is 326 g/mol. The molecule has 0 saturated carbocycles. The van der Waals surface area contributed by atoms with Crippen molar-refractivity contribution in [3.05, 3.63) is 34.3 Å². The third-order valence-electron chi connectivity index (χ3n) is 2.21. The minimum absolute atomic E-state index is 0.0885. The minimum atomic E-state index is -3.45. The van der Waals surface area contributed by atoms with Crippen LogP contribution in [-0.4, -0.2) is 24.0 Å². The van der Waals surface area contributed by atoms with Gasteiger partial charge in [-0.05, 0) is 17.7 Å². The van der Waals surface area contributed by atoms with E-state index in [1.807, 2.05) is 0 Å². The summed E-state index contributed by atoms with van der Waals surface area (Å²) in [5.74, 6) is -0.0885. The molecule has 16 heavy (non-hydrogen) atoms. The van der Waals surface area contributed by atoms with Crippen LogP contribution in [0, 0.1) is 0 Å². The second-order valence-corrected chi connectivity index (χ2v) is 7.35. The predicted molar refractivity (Wildman–Crippen MR) is 68.2 cm³/mol. The molecule has 0 bridgehead atoms. The molecule has 0 aliphatic rings. The van der Waals surface area contributed by atoms with E-state index in [1.54, 1.807) is 24.3 Å². The van der Waals surface area contributed by atoms with E-state index in [0.717, 1.165) is 4.47 Å². The first-order valence-corrected chi connectivity index (χ1v) is 7.62. The van der Waals surface area contributed by atoms with Gasteiger partial charge in [-0.1, -0.05) is 35.0 Å². The number of hydrogen-bond donors (Lipinski definition) is 1. The second-order valence-electron chi connectivity index (χ2n) is 3.30. The van der Waals surface area contributed by atoms with Crippen molar-refractivity contribution >= 4 is 37.4 Å². The Morgan fingerprint density at radius 2 is 1.88 bits per heavy atom. The molecular formula is C10H12BrClO3S. The molecule has 0 saturated heterocycles. The number of alkyl halides is 1. The molecule has 0 aromatic heterocycles. The molecule has 0 unspecified atom stereocenters. The lowest BCUT2D eigenvalue weighted by Crippen LogP contribution is -2.24. The van der Waals surface area contributed by atoms with Crippen molar-refractivity contribution < 1.29 is 13.5 Å². The van der Waals surface area contributed by atoms with Gasteiger partial charge in [0.25, 0.3) is 0 Å². The van der Waals surface area contributed by atoms with Gasteiger partial charge in [0.1, 0.15) is 6.10 Å². The lowest BCUT2D eigenvalue weighted by molar-refractivity contribution is 0.191. The van der Waals surface area contributed by atoms with Crippen molar-refractivity contribution in [1.29, 1.82) is 0 Å². The fourth-order valence-electron chi connectivity index (χ4n) is 1.17. The van der Waals surface area contributed by atoms with Crippen molar-refractivity contribution in [2.75, 3.05) is 5.75 Å². The van der Waals surface area contributed by atoms with E-state index >= 15 is 0 Å². The summed E-state index contributed by atoms with van der Waals surface area (Å²) in [6, 6.07) is 6.71. The summed E-state index contributed by atoms with van der Waals surface area (Å²) in [7, 11) is -3.45. The molecule has 0 heterocycles. The number of halogens is 2. The smallest absolute Gasteiger partial charge is 0.169 e. The van der Waals surface area contributed by atoms with Crippen LogP contribution in [-0.2, 0) is 9.84 Å². The molecule has 3 nitrogen and oxygen atoms in total. The molecule has 0 radical (unpaired) electrons. The summed E-state index contributed by atoms with van der Waals surface area (Å²) in [6.07, 6.45) is -1.21. The lowest BCUT2D eigenvalue weighted by atomic mass is 10.1. The largest absolute Gasteiger partial charge is 0.386 e. The minimum Gasteiger partial charge on any atom is -0.386 e. The van der Waals surface area contributed by atoms with Crippen LogP contribution in [0.3, 0.4) is 0 Å². The average molecular weight is 328 g/mol. The van der Waals surface area contributed by atoms with Crippen molar-refractivity contribution in [3.8, 4) is 0 Å². The maximum Gasteiger partial charge on any atom is 0.169 e. The third kappa shape index (κ3) is 3.20. The highest BCUT2D eigenvalue weighted by Gasteiger charge is 2.29. The molecule has 6 heteroatoms. The SMILES string of the molecule is CCS(=O)(=O)[C@@H](Cl)[C@@H](O)c1ccc(Br)cc1. The van der Waals surface area contributed by atoms with Crippen LogP contribution in [0.25, 0.3) is 0 Å². The summed E-state index contributed by atoms with van der Waals surface area (Å²) < 4.78 is 22.5. The molecular weight excluding hydrogens is 316 g/mol. The van der Waals surface area contributed by atoms with Crippen LogP contribution >= 0.6 is 27.5 Å². The third-order valence-corrected chi connectivity index (χ3v) is 5.54. The maximum absolute atomic E-state index is 11.5. The van der Waals surface area contributed by atoms with E-state index in [4.69, 9.17) is 11.6 Å². The molecule has 0 aliphatic carbocycles. The quantitative estimate of drug-likeness (QED) is 0.864. The van der Waals surface area contributed by atoms with Crippen LogP contribution in [0.2, 0.25) is 0 Å². The van der Waals surface area contributed by atoms with Crippen molar-refractivity contribution in [1.82, 2.24) is 0 Å². The zero-order valence-electron chi connectivity index (χ0n) is 8.60. The van der Waals surface area contributed by atoms with Gasteiger partial charge < -0.3 is 5.11 Å². The lowest BCUT2D eigenvalue weighted by Gasteiger charge is -2.16. The van der Waals surface area contributed by atoms with E-state index in [0.29, 0.717) is 5.56 Å². The van der Waals surface area contributed by atoms with Crippen LogP contribution in [0.5, 0.6) is 0 Å². The van der Waals surface area contributed by atoms with Crippen LogP contribution < -0.4 is 0 Å². The van der Waals surface area contributed by atoms with E-state index < -0.39 is 20.7 Å². The fraction of sp³-hybridized carbons (Fsp3) is 0.400. The van der Waals surface area contributed by atoms with E-state index in [-0.39, 0.29) is 5.75 Å². The van der Waals surface area contributed by atoms with Crippen LogP contribution in [0.15, 0.2) is 28.7 Å². The highest BCUT2D eigenvalue weighted by Crippen LogP contribution is 2.26. The number of hydrogen-bond acceptors (Lipinski definition) is 3. The van der Waals surface area contributed by atoms with Crippen LogP contribution in [0.4, 0.5) is 0 Å². The van der Waals surface area contributed by atoms with Crippen molar-refractivity contribution in [2.45, 2.75) is 17.7 Å². The molecule has 90 valence electrons. The Hall–Kier alpha value is -0.100. The maximum atomic E-state index is 11.5. The molecule has 1 aromatic carbocycles. The van der Waals surface area contributed by atoms with Gasteiger partial charge in [-0.15, -0.1) is 11.6 Å². The van der Waals surface area contributed by atoms with E-state index in [2.05, 4.69) is 15.9 Å². The fourth-order valence-corrected chi connectivity index (χ4v) is 2.82. The van der Waals surface area contributed by atoms with E-state index in [9.17, 15) is 13.5 Å². The van der Waals surface area contributed by atoms with Gasteiger partial charge in [-0.2, -0.15) is 0 Å². The van der Waals surface area contributed by atoms with Gasteiger partial charge in [0.2, 0.25) is 0 Å². The molecule has 1 aromatic rings. The van der Waals surface area contributed by atoms with Gasteiger partial charge in [0.15, 0.2) is 14.5 Å². The Balaban J connectivity index is 2.94.